The highest BCUT2D eigenvalue weighted by atomic mass is 16.6. The molecule has 1 rings (SSSR count). The second-order valence-corrected chi connectivity index (χ2v) is 6.38. The van der Waals surface area contributed by atoms with Crippen LogP contribution in [0.4, 0.5) is 4.79 Å². The normalized spacial score (nSPS) is 12.5. The van der Waals surface area contributed by atoms with Gasteiger partial charge in [-0.3, -0.25) is 4.79 Å². The molecule has 136 valence electrons. The number of hydrogen-bond acceptors (Lipinski definition) is 5. The lowest BCUT2D eigenvalue weighted by Crippen LogP contribution is -2.44. The molecule has 0 aliphatic carbocycles. The fourth-order valence-electron chi connectivity index (χ4n) is 1.98. The lowest BCUT2D eigenvalue weighted by molar-refractivity contribution is -0.137. The van der Waals surface area contributed by atoms with E-state index in [9.17, 15) is 14.4 Å². The molecule has 25 heavy (non-hydrogen) atoms. The van der Waals surface area contributed by atoms with Crippen molar-refractivity contribution in [2.75, 3.05) is 6.61 Å². The first-order valence-corrected chi connectivity index (χ1v) is 8.13. The zero-order valence-electron chi connectivity index (χ0n) is 15.1. The fraction of sp³-hybridized carbons (Fsp3) is 0.421. The first-order chi connectivity index (χ1) is 11.7. The molecule has 0 aliphatic rings. The first-order valence-electron chi connectivity index (χ1n) is 8.13. The van der Waals surface area contributed by atoms with Crippen molar-refractivity contribution >= 4 is 17.8 Å². The van der Waals surface area contributed by atoms with Gasteiger partial charge < -0.3 is 14.8 Å². The van der Waals surface area contributed by atoms with Gasteiger partial charge in [-0.05, 0) is 39.3 Å². The molecule has 0 aromatic heterocycles. The second-order valence-electron chi connectivity index (χ2n) is 6.38. The molecular formula is C19H25NO5. The second kappa shape index (κ2) is 9.61. The Morgan fingerprint density at radius 2 is 1.76 bits per heavy atom. The number of rotatable bonds is 7. The van der Waals surface area contributed by atoms with Crippen LogP contribution in [-0.2, 0) is 25.5 Å². The van der Waals surface area contributed by atoms with E-state index in [-0.39, 0.29) is 13.0 Å². The minimum absolute atomic E-state index is 0.223. The maximum atomic E-state index is 12.4. The van der Waals surface area contributed by atoms with Gasteiger partial charge in [0.2, 0.25) is 0 Å². The van der Waals surface area contributed by atoms with Gasteiger partial charge in [0.15, 0.2) is 5.78 Å². The first kappa shape index (κ1) is 20.4. The molecule has 6 heteroatoms. The molecule has 0 fully saturated rings. The predicted octanol–water partition coefficient (Wildman–Crippen LogP) is 2.81. The van der Waals surface area contributed by atoms with E-state index < -0.39 is 29.5 Å². The highest BCUT2D eigenvalue weighted by Crippen LogP contribution is 2.09. The van der Waals surface area contributed by atoms with Crippen LogP contribution < -0.4 is 5.32 Å². The third kappa shape index (κ3) is 8.69. The van der Waals surface area contributed by atoms with Crippen molar-refractivity contribution in [1.29, 1.82) is 0 Å². The molecular weight excluding hydrogens is 322 g/mol. The Hall–Kier alpha value is -2.63. The number of esters is 1. The van der Waals surface area contributed by atoms with Crippen LogP contribution in [0.3, 0.4) is 0 Å². The van der Waals surface area contributed by atoms with Crippen LogP contribution in [0.2, 0.25) is 0 Å². The largest absolute Gasteiger partial charge is 0.463 e. The van der Waals surface area contributed by atoms with Gasteiger partial charge in [-0.25, -0.2) is 9.59 Å². The van der Waals surface area contributed by atoms with E-state index in [1.807, 2.05) is 30.3 Å². The highest BCUT2D eigenvalue weighted by molar-refractivity contribution is 6.00. The number of benzene rings is 1. The Bertz CT molecular complexity index is 616. The molecule has 6 nitrogen and oxygen atoms in total. The van der Waals surface area contributed by atoms with E-state index in [4.69, 9.17) is 9.47 Å². The zero-order valence-corrected chi connectivity index (χ0v) is 15.1. The summed E-state index contributed by atoms with van der Waals surface area (Å²) in [6.45, 7) is 7.11. The van der Waals surface area contributed by atoms with Crippen LogP contribution in [0.15, 0.2) is 42.5 Å². The number of ether oxygens (including phenoxy) is 2. The number of alkyl carbamates (subject to hydrolysis) is 1. The fourth-order valence-corrected chi connectivity index (χ4v) is 1.98. The number of carbonyl (C=O) groups is 3. The SMILES string of the molecule is CCOC(=O)/C=C/C(=O)[C@H](Cc1ccccc1)NC(=O)OC(C)(C)C. The molecule has 0 aliphatic heterocycles. The maximum Gasteiger partial charge on any atom is 0.408 e. The molecule has 1 aromatic carbocycles. The van der Waals surface area contributed by atoms with Crippen molar-refractivity contribution in [3.8, 4) is 0 Å². The Kier molecular flexibility index (Phi) is 7.85. The van der Waals surface area contributed by atoms with Crippen molar-refractivity contribution in [3.05, 3.63) is 48.0 Å². The Labute approximate surface area is 148 Å². The van der Waals surface area contributed by atoms with Crippen LogP contribution >= 0.6 is 0 Å². The topological polar surface area (TPSA) is 81.7 Å². The van der Waals surface area contributed by atoms with Crippen molar-refractivity contribution in [3.63, 3.8) is 0 Å². The van der Waals surface area contributed by atoms with Gasteiger partial charge in [-0.1, -0.05) is 30.3 Å². The minimum atomic E-state index is -0.845. The third-order valence-corrected chi connectivity index (χ3v) is 2.99. The average molecular weight is 347 g/mol. The molecule has 0 radical (unpaired) electrons. The minimum Gasteiger partial charge on any atom is -0.463 e. The molecule has 0 saturated heterocycles. The summed E-state index contributed by atoms with van der Waals surface area (Å²) in [5, 5.41) is 2.56. The van der Waals surface area contributed by atoms with Crippen LogP contribution in [0.25, 0.3) is 0 Å². The number of hydrogen-bond donors (Lipinski definition) is 1. The number of ketones is 1. The zero-order chi connectivity index (χ0) is 18.9. The molecule has 0 heterocycles. The predicted molar refractivity (Wildman–Crippen MR) is 94.1 cm³/mol. The molecule has 1 N–H and O–H groups in total. The smallest absolute Gasteiger partial charge is 0.408 e. The van der Waals surface area contributed by atoms with Gasteiger partial charge in [0.05, 0.1) is 12.6 Å². The lowest BCUT2D eigenvalue weighted by Gasteiger charge is -2.22. The molecule has 0 saturated carbocycles. The van der Waals surface area contributed by atoms with Crippen molar-refractivity contribution in [1.82, 2.24) is 5.32 Å². The summed E-state index contributed by atoms with van der Waals surface area (Å²) in [7, 11) is 0. The summed E-state index contributed by atoms with van der Waals surface area (Å²) < 4.78 is 9.95. The highest BCUT2D eigenvalue weighted by Gasteiger charge is 2.23. The molecule has 1 atom stereocenters. The standard InChI is InChI=1S/C19H25NO5/c1-5-24-17(22)12-11-16(21)15(13-14-9-7-6-8-10-14)20-18(23)25-19(2,3)4/h6-12,15H,5,13H2,1-4H3,(H,20,23)/b12-11+/t15-/m0/s1. The number of nitrogens with one attached hydrogen (secondary N) is 1. The van der Waals surface area contributed by atoms with Gasteiger partial charge in [0.1, 0.15) is 5.60 Å². The molecule has 1 aromatic rings. The number of amides is 1. The summed E-state index contributed by atoms with van der Waals surface area (Å²) in [5.41, 5.74) is 0.201. The van der Waals surface area contributed by atoms with Gasteiger partial charge in [-0.2, -0.15) is 0 Å². The van der Waals surface area contributed by atoms with Crippen LogP contribution in [-0.4, -0.2) is 36.1 Å². The molecule has 0 bridgehead atoms. The molecule has 0 spiro atoms. The summed E-state index contributed by atoms with van der Waals surface area (Å²) >= 11 is 0. The van der Waals surface area contributed by atoms with E-state index in [1.54, 1.807) is 27.7 Å². The summed E-state index contributed by atoms with van der Waals surface area (Å²) in [6.07, 6.45) is 1.77. The van der Waals surface area contributed by atoms with E-state index >= 15 is 0 Å². The lowest BCUT2D eigenvalue weighted by atomic mass is 10.0. The Balaban J connectivity index is 2.84. The van der Waals surface area contributed by atoms with E-state index in [2.05, 4.69) is 5.32 Å². The number of carbonyl (C=O) groups excluding carboxylic acids is 3. The van der Waals surface area contributed by atoms with Crippen molar-refractivity contribution in [2.24, 2.45) is 0 Å². The maximum absolute atomic E-state index is 12.4. The van der Waals surface area contributed by atoms with Gasteiger partial charge in [-0.15, -0.1) is 0 Å². The summed E-state index contributed by atoms with van der Waals surface area (Å²) in [4.78, 5) is 35.8. The summed E-state index contributed by atoms with van der Waals surface area (Å²) in [5.74, 6) is -1.02. The van der Waals surface area contributed by atoms with Gasteiger partial charge >= 0.3 is 12.1 Å². The van der Waals surface area contributed by atoms with Crippen LogP contribution in [0.1, 0.15) is 33.3 Å². The quantitative estimate of drug-likeness (QED) is 0.606. The van der Waals surface area contributed by atoms with Crippen molar-refractivity contribution in [2.45, 2.75) is 45.8 Å². The Morgan fingerprint density at radius 3 is 2.32 bits per heavy atom. The average Bonchev–Trinajstić information content (AvgIpc) is 2.51. The van der Waals surface area contributed by atoms with Crippen molar-refractivity contribution < 1.29 is 23.9 Å². The Morgan fingerprint density at radius 1 is 1.12 bits per heavy atom. The monoisotopic (exact) mass is 347 g/mol. The van der Waals surface area contributed by atoms with Gasteiger partial charge in [0, 0.05) is 12.5 Å². The molecule has 0 unspecified atom stereocenters. The van der Waals surface area contributed by atoms with Crippen LogP contribution in [0, 0.1) is 0 Å². The van der Waals surface area contributed by atoms with E-state index in [0.717, 1.165) is 17.7 Å². The van der Waals surface area contributed by atoms with E-state index in [1.165, 1.54) is 0 Å². The van der Waals surface area contributed by atoms with E-state index in [0.29, 0.717) is 0 Å². The van der Waals surface area contributed by atoms with Crippen LogP contribution in [0.5, 0.6) is 0 Å². The third-order valence-electron chi connectivity index (χ3n) is 2.99. The van der Waals surface area contributed by atoms with Gasteiger partial charge in [0.25, 0.3) is 0 Å². The summed E-state index contributed by atoms with van der Waals surface area (Å²) in [6, 6.07) is 8.42. The molecule has 1 amide bonds.